The molecule has 1 aromatic carbocycles. The van der Waals surface area contributed by atoms with Crippen molar-refractivity contribution in [1.82, 2.24) is 15.3 Å². The van der Waals surface area contributed by atoms with E-state index in [0.29, 0.717) is 19.6 Å². The molecule has 2 atom stereocenters. The highest BCUT2D eigenvalue weighted by Crippen LogP contribution is 2.23. The smallest absolute Gasteiger partial charge is 0.135 e. The molecule has 0 bridgehead atoms. The minimum Gasteiger partial charge on any atom is -0.388 e. The Balaban J connectivity index is 1.66. The van der Waals surface area contributed by atoms with Gasteiger partial charge in [0, 0.05) is 24.9 Å². The maximum atomic E-state index is 10.1. The fourth-order valence-electron chi connectivity index (χ4n) is 3.43. The van der Waals surface area contributed by atoms with Crippen LogP contribution in [-0.4, -0.2) is 53.5 Å². The van der Waals surface area contributed by atoms with Gasteiger partial charge < -0.3 is 20.5 Å². The highest BCUT2D eigenvalue weighted by molar-refractivity contribution is 5.49. The standard InChI is InChI=1S/C19H24N4O2/c24-17-12-25-11-16(17)22-19-14-6-8-20-9-7-15(14)21-18(23-19)10-13-4-2-1-3-5-13/h1-5,16-17,20,24H,6-12H2,(H,21,22,23)/t16-,17-/m1/s1. The van der Waals surface area contributed by atoms with Crippen LogP contribution < -0.4 is 10.6 Å². The average Bonchev–Trinajstić information content (AvgIpc) is 2.88. The van der Waals surface area contributed by atoms with Crippen molar-refractivity contribution in [3.63, 3.8) is 0 Å². The Kier molecular flexibility index (Phi) is 4.92. The molecule has 6 heteroatoms. The molecule has 0 aliphatic carbocycles. The van der Waals surface area contributed by atoms with Crippen molar-refractivity contribution in [3.8, 4) is 0 Å². The molecular weight excluding hydrogens is 316 g/mol. The molecule has 0 saturated carbocycles. The zero-order chi connectivity index (χ0) is 17.1. The van der Waals surface area contributed by atoms with E-state index >= 15 is 0 Å². The van der Waals surface area contributed by atoms with Gasteiger partial charge in [-0.1, -0.05) is 30.3 Å². The van der Waals surface area contributed by atoms with E-state index in [9.17, 15) is 5.11 Å². The molecule has 1 saturated heterocycles. The zero-order valence-electron chi connectivity index (χ0n) is 14.2. The Labute approximate surface area is 147 Å². The van der Waals surface area contributed by atoms with E-state index in [2.05, 4.69) is 22.8 Å². The zero-order valence-corrected chi connectivity index (χ0v) is 14.2. The van der Waals surface area contributed by atoms with E-state index in [0.717, 1.165) is 43.3 Å². The van der Waals surface area contributed by atoms with Gasteiger partial charge in [0.05, 0.1) is 31.1 Å². The lowest BCUT2D eigenvalue weighted by Gasteiger charge is -2.20. The number of aliphatic hydroxyl groups is 1. The minimum absolute atomic E-state index is 0.111. The van der Waals surface area contributed by atoms with Crippen LogP contribution in [0.25, 0.3) is 0 Å². The summed E-state index contributed by atoms with van der Waals surface area (Å²) in [6, 6.07) is 10.2. The summed E-state index contributed by atoms with van der Waals surface area (Å²) in [6.45, 7) is 2.74. The number of hydrogen-bond acceptors (Lipinski definition) is 6. The highest BCUT2D eigenvalue weighted by atomic mass is 16.5. The second kappa shape index (κ2) is 7.47. The summed E-state index contributed by atoms with van der Waals surface area (Å²) in [4.78, 5) is 9.64. The summed E-state index contributed by atoms with van der Waals surface area (Å²) in [5.41, 5.74) is 3.48. The fraction of sp³-hybridized carbons (Fsp3) is 0.474. The molecule has 0 radical (unpaired) electrons. The SMILES string of the molecule is O[C@@H]1COC[C@H]1Nc1nc(Cc2ccccc2)nc2c1CCNCC2. The molecule has 25 heavy (non-hydrogen) atoms. The molecule has 2 aromatic rings. The molecule has 3 N–H and O–H groups in total. The predicted octanol–water partition coefficient (Wildman–Crippen LogP) is 0.927. The van der Waals surface area contributed by atoms with Gasteiger partial charge in [-0.3, -0.25) is 0 Å². The van der Waals surface area contributed by atoms with Crippen molar-refractivity contribution in [1.29, 1.82) is 0 Å². The first kappa shape index (κ1) is 16.4. The predicted molar refractivity (Wildman–Crippen MR) is 95.8 cm³/mol. The van der Waals surface area contributed by atoms with Gasteiger partial charge in [-0.15, -0.1) is 0 Å². The molecule has 2 aliphatic heterocycles. The molecule has 3 heterocycles. The Hall–Kier alpha value is -2.02. The third kappa shape index (κ3) is 3.81. The quantitative estimate of drug-likeness (QED) is 0.768. The molecule has 2 aliphatic rings. The second-order valence-electron chi connectivity index (χ2n) is 6.68. The molecule has 1 fully saturated rings. The number of anilines is 1. The summed E-state index contributed by atoms with van der Waals surface area (Å²) in [5.74, 6) is 1.68. The second-order valence-corrected chi connectivity index (χ2v) is 6.68. The van der Waals surface area contributed by atoms with Crippen molar-refractivity contribution in [2.45, 2.75) is 31.4 Å². The van der Waals surface area contributed by atoms with Crippen LogP contribution in [0.3, 0.4) is 0 Å². The van der Waals surface area contributed by atoms with Gasteiger partial charge in [-0.25, -0.2) is 9.97 Å². The van der Waals surface area contributed by atoms with Crippen LogP contribution >= 0.6 is 0 Å². The molecular formula is C19H24N4O2. The Morgan fingerprint density at radius 2 is 1.96 bits per heavy atom. The van der Waals surface area contributed by atoms with Gasteiger partial charge in [-0.2, -0.15) is 0 Å². The van der Waals surface area contributed by atoms with Gasteiger partial charge in [0.2, 0.25) is 0 Å². The molecule has 1 aromatic heterocycles. The maximum Gasteiger partial charge on any atom is 0.135 e. The van der Waals surface area contributed by atoms with Gasteiger partial charge in [-0.05, 0) is 18.5 Å². The maximum absolute atomic E-state index is 10.1. The number of aromatic nitrogens is 2. The van der Waals surface area contributed by atoms with Crippen LogP contribution in [0.15, 0.2) is 30.3 Å². The van der Waals surface area contributed by atoms with Crippen LogP contribution in [0.4, 0.5) is 5.82 Å². The van der Waals surface area contributed by atoms with Crippen LogP contribution in [0.2, 0.25) is 0 Å². The normalized spacial score (nSPS) is 23.1. The topological polar surface area (TPSA) is 79.3 Å². The number of nitrogens with one attached hydrogen (secondary N) is 2. The third-order valence-electron chi connectivity index (χ3n) is 4.81. The first-order chi connectivity index (χ1) is 12.3. The fourth-order valence-corrected chi connectivity index (χ4v) is 3.43. The number of aliphatic hydroxyl groups excluding tert-OH is 1. The largest absolute Gasteiger partial charge is 0.388 e. The van der Waals surface area contributed by atoms with Crippen molar-refractivity contribution >= 4 is 5.82 Å². The lowest BCUT2D eigenvalue weighted by Crippen LogP contribution is -2.33. The number of benzene rings is 1. The van der Waals surface area contributed by atoms with Gasteiger partial charge in [0.25, 0.3) is 0 Å². The van der Waals surface area contributed by atoms with Crippen molar-refractivity contribution < 1.29 is 9.84 Å². The summed E-state index contributed by atoms with van der Waals surface area (Å²) in [5, 5.41) is 16.9. The number of fused-ring (bicyclic) bond motifs is 1. The first-order valence-electron chi connectivity index (χ1n) is 8.95. The Morgan fingerprint density at radius 1 is 1.12 bits per heavy atom. The van der Waals surface area contributed by atoms with Crippen molar-refractivity contribution in [2.75, 3.05) is 31.6 Å². The van der Waals surface area contributed by atoms with Crippen molar-refractivity contribution in [3.05, 3.63) is 53.0 Å². The highest BCUT2D eigenvalue weighted by Gasteiger charge is 2.28. The summed E-state index contributed by atoms with van der Waals surface area (Å²) >= 11 is 0. The molecule has 0 spiro atoms. The number of hydrogen-bond donors (Lipinski definition) is 3. The summed E-state index contributed by atoms with van der Waals surface area (Å²) < 4.78 is 5.37. The van der Waals surface area contributed by atoms with Crippen LogP contribution in [0.1, 0.15) is 22.6 Å². The Morgan fingerprint density at radius 3 is 2.76 bits per heavy atom. The van der Waals surface area contributed by atoms with E-state index in [1.54, 1.807) is 0 Å². The molecule has 0 unspecified atom stereocenters. The van der Waals surface area contributed by atoms with Gasteiger partial charge in [0.15, 0.2) is 0 Å². The van der Waals surface area contributed by atoms with Crippen LogP contribution in [0, 0.1) is 0 Å². The third-order valence-corrected chi connectivity index (χ3v) is 4.81. The van der Waals surface area contributed by atoms with E-state index in [1.165, 1.54) is 11.1 Å². The van der Waals surface area contributed by atoms with Crippen LogP contribution in [0.5, 0.6) is 0 Å². The molecule has 4 rings (SSSR count). The molecule has 0 amide bonds. The van der Waals surface area contributed by atoms with E-state index in [1.807, 2.05) is 18.2 Å². The minimum atomic E-state index is -0.493. The monoisotopic (exact) mass is 340 g/mol. The van der Waals surface area contributed by atoms with E-state index in [-0.39, 0.29) is 6.04 Å². The van der Waals surface area contributed by atoms with E-state index in [4.69, 9.17) is 14.7 Å². The lowest BCUT2D eigenvalue weighted by atomic mass is 10.1. The molecule has 132 valence electrons. The average molecular weight is 340 g/mol. The van der Waals surface area contributed by atoms with Gasteiger partial charge in [0.1, 0.15) is 11.6 Å². The summed E-state index contributed by atoms with van der Waals surface area (Å²) in [7, 11) is 0. The lowest BCUT2D eigenvalue weighted by molar-refractivity contribution is 0.125. The van der Waals surface area contributed by atoms with E-state index < -0.39 is 6.10 Å². The summed E-state index contributed by atoms with van der Waals surface area (Å²) in [6.07, 6.45) is 2.01. The van der Waals surface area contributed by atoms with Crippen LogP contribution in [-0.2, 0) is 24.0 Å². The van der Waals surface area contributed by atoms with Gasteiger partial charge >= 0.3 is 0 Å². The number of rotatable bonds is 4. The Bertz CT molecular complexity index is 723. The van der Waals surface area contributed by atoms with Crippen molar-refractivity contribution in [2.24, 2.45) is 0 Å². The number of nitrogens with zero attached hydrogens (tertiary/aromatic N) is 2. The molecule has 6 nitrogen and oxygen atoms in total. The number of ether oxygens (including phenoxy) is 1. The first-order valence-corrected chi connectivity index (χ1v) is 8.95.